The molecule has 1 aliphatic rings. The maximum atomic E-state index is 9.15. The van der Waals surface area contributed by atoms with Gasteiger partial charge < -0.3 is 5.11 Å². The van der Waals surface area contributed by atoms with E-state index in [1.807, 2.05) is 30.3 Å². The van der Waals surface area contributed by atoms with Crippen molar-refractivity contribution in [2.24, 2.45) is 5.92 Å². The Morgan fingerprint density at radius 2 is 2.12 bits per heavy atom. The first-order valence-electron chi connectivity index (χ1n) is 6.25. The van der Waals surface area contributed by atoms with Crippen LogP contribution in [0.25, 0.3) is 0 Å². The topological polar surface area (TPSA) is 23.5 Å². The van der Waals surface area contributed by atoms with Crippen molar-refractivity contribution in [3.63, 3.8) is 0 Å². The van der Waals surface area contributed by atoms with E-state index in [0.29, 0.717) is 12.5 Å². The van der Waals surface area contributed by atoms with Crippen molar-refractivity contribution >= 4 is 0 Å². The molecule has 1 atom stereocenters. The summed E-state index contributed by atoms with van der Waals surface area (Å²) in [6.07, 6.45) is 2.33. The van der Waals surface area contributed by atoms with Crippen molar-refractivity contribution in [2.75, 3.05) is 26.2 Å². The predicted molar refractivity (Wildman–Crippen MR) is 69.6 cm³/mol. The van der Waals surface area contributed by atoms with E-state index in [9.17, 15) is 0 Å². The summed E-state index contributed by atoms with van der Waals surface area (Å²) in [6, 6.07) is 10.1. The number of aliphatic hydroxyl groups is 1. The highest BCUT2D eigenvalue weighted by Crippen LogP contribution is 2.14. The number of hydrogen-bond acceptors (Lipinski definition) is 2. The lowest BCUT2D eigenvalue weighted by atomic mass is 9.99. The smallest absolute Gasteiger partial charge is 0.0605 e. The highest BCUT2D eigenvalue weighted by atomic mass is 16.3. The van der Waals surface area contributed by atoms with Gasteiger partial charge in [-0.15, -0.1) is 0 Å². The summed E-state index contributed by atoms with van der Waals surface area (Å²) < 4.78 is 0. The van der Waals surface area contributed by atoms with Crippen LogP contribution in [0, 0.1) is 17.8 Å². The maximum absolute atomic E-state index is 9.15. The Bertz CT molecular complexity index is 390. The zero-order valence-corrected chi connectivity index (χ0v) is 10.1. The Hall–Kier alpha value is -1.30. The Morgan fingerprint density at radius 1 is 1.29 bits per heavy atom. The molecule has 0 aliphatic carbocycles. The predicted octanol–water partition coefficient (Wildman–Crippen LogP) is 1.74. The highest BCUT2D eigenvalue weighted by Gasteiger charge is 2.17. The van der Waals surface area contributed by atoms with E-state index in [2.05, 4.69) is 16.7 Å². The third-order valence-electron chi connectivity index (χ3n) is 3.17. The molecule has 0 saturated carbocycles. The number of likely N-dealkylation sites (tertiary alicyclic amines) is 1. The molecule has 0 radical (unpaired) electrons. The van der Waals surface area contributed by atoms with Crippen molar-refractivity contribution < 1.29 is 5.11 Å². The molecule has 2 rings (SSSR count). The van der Waals surface area contributed by atoms with Gasteiger partial charge in [-0.3, -0.25) is 4.90 Å². The lowest BCUT2D eigenvalue weighted by Gasteiger charge is -2.30. The molecule has 1 fully saturated rings. The third kappa shape index (κ3) is 3.89. The lowest BCUT2D eigenvalue weighted by Crippen LogP contribution is -2.36. The van der Waals surface area contributed by atoms with Gasteiger partial charge in [0.1, 0.15) is 0 Å². The number of rotatable bonds is 2. The average Bonchev–Trinajstić information content (AvgIpc) is 2.40. The van der Waals surface area contributed by atoms with Gasteiger partial charge in [-0.05, 0) is 37.4 Å². The van der Waals surface area contributed by atoms with Gasteiger partial charge >= 0.3 is 0 Å². The van der Waals surface area contributed by atoms with Crippen molar-refractivity contribution in [3.8, 4) is 11.8 Å². The van der Waals surface area contributed by atoms with E-state index in [0.717, 1.165) is 31.6 Å². The van der Waals surface area contributed by atoms with Crippen molar-refractivity contribution in [1.29, 1.82) is 0 Å². The number of benzene rings is 1. The highest BCUT2D eigenvalue weighted by molar-refractivity contribution is 5.33. The number of aliphatic hydroxyl groups excluding tert-OH is 1. The largest absolute Gasteiger partial charge is 0.396 e. The Labute approximate surface area is 103 Å². The molecule has 0 aromatic heterocycles. The molecular weight excluding hydrogens is 210 g/mol. The van der Waals surface area contributed by atoms with Gasteiger partial charge in [-0.25, -0.2) is 0 Å². The van der Waals surface area contributed by atoms with Crippen LogP contribution in [0.2, 0.25) is 0 Å². The van der Waals surface area contributed by atoms with Gasteiger partial charge in [-0.1, -0.05) is 30.0 Å². The summed E-state index contributed by atoms with van der Waals surface area (Å²) in [4.78, 5) is 2.33. The quantitative estimate of drug-likeness (QED) is 0.781. The van der Waals surface area contributed by atoms with Crippen LogP contribution in [0.15, 0.2) is 30.3 Å². The minimum Gasteiger partial charge on any atom is -0.396 e. The van der Waals surface area contributed by atoms with Crippen LogP contribution in [-0.4, -0.2) is 36.2 Å². The van der Waals surface area contributed by atoms with Crippen molar-refractivity contribution in [2.45, 2.75) is 12.8 Å². The fourth-order valence-electron chi connectivity index (χ4n) is 2.22. The van der Waals surface area contributed by atoms with Crippen LogP contribution in [-0.2, 0) is 0 Å². The fourth-order valence-corrected chi connectivity index (χ4v) is 2.22. The molecule has 0 amide bonds. The minimum atomic E-state index is 0.308. The molecule has 0 spiro atoms. The van der Waals surface area contributed by atoms with Gasteiger partial charge in [0.15, 0.2) is 0 Å². The molecule has 1 aromatic rings. The second kappa shape index (κ2) is 6.44. The first-order valence-corrected chi connectivity index (χ1v) is 6.25. The molecular formula is C15H19NO. The van der Waals surface area contributed by atoms with Crippen LogP contribution < -0.4 is 0 Å². The molecule has 90 valence electrons. The molecule has 2 nitrogen and oxygen atoms in total. The summed E-state index contributed by atoms with van der Waals surface area (Å²) in [5.41, 5.74) is 1.07. The second-order valence-corrected chi connectivity index (χ2v) is 4.59. The molecule has 1 unspecified atom stereocenters. The summed E-state index contributed by atoms with van der Waals surface area (Å²) in [7, 11) is 0. The SMILES string of the molecule is OCC1CCCN(CC#Cc2ccccc2)C1. The fraction of sp³-hybridized carbons (Fsp3) is 0.467. The van der Waals surface area contributed by atoms with Crippen LogP contribution in [0.1, 0.15) is 18.4 Å². The van der Waals surface area contributed by atoms with E-state index in [1.165, 1.54) is 6.42 Å². The summed E-state index contributed by atoms with van der Waals surface area (Å²) >= 11 is 0. The third-order valence-corrected chi connectivity index (χ3v) is 3.17. The van der Waals surface area contributed by atoms with E-state index in [1.54, 1.807) is 0 Å². The summed E-state index contributed by atoms with van der Waals surface area (Å²) in [6.45, 7) is 3.22. The molecule has 0 bridgehead atoms. The second-order valence-electron chi connectivity index (χ2n) is 4.59. The Balaban J connectivity index is 1.84. The van der Waals surface area contributed by atoms with E-state index < -0.39 is 0 Å². The zero-order valence-electron chi connectivity index (χ0n) is 10.1. The first kappa shape index (κ1) is 12.2. The standard InChI is InChI=1S/C15H19NO/c17-13-15-9-5-11-16(12-15)10-4-8-14-6-2-1-3-7-14/h1-3,6-7,15,17H,5,9-13H2. The molecule has 1 N–H and O–H groups in total. The number of hydrogen-bond donors (Lipinski definition) is 1. The molecule has 1 saturated heterocycles. The monoisotopic (exact) mass is 229 g/mol. The van der Waals surface area contributed by atoms with Gasteiger partial charge in [0.25, 0.3) is 0 Å². The Kier molecular flexibility index (Phi) is 4.61. The molecule has 2 heteroatoms. The van der Waals surface area contributed by atoms with Crippen molar-refractivity contribution in [1.82, 2.24) is 4.90 Å². The van der Waals surface area contributed by atoms with Crippen LogP contribution in [0.5, 0.6) is 0 Å². The van der Waals surface area contributed by atoms with Gasteiger partial charge in [0, 0.05) is 18.7 Å². The van der Waals surface area contributed by atoms with E-state index in [-0.39, 0.29) is 0 Å². The van der Waals surface area contributed by atoms with Crippen LogP contribution in [0.4, 0.5) is 0 Å². The van der Waals surface area contributed by atoms with Crippen molar-refractivity contribution in [3.05, 3.63) is 35.9 Å². The van der Waals surface area contributed by atoms with Crippen LogP contribution in [0.3, 0.4) is 0 Å². The van der Waals surface area contributed by atoms with Crippen LogP contribution >= 0.6 is 0 Å². The lowest BCUT2D eigenvalue weighted by molar-refractivity contribution is 0.130. The first-order chi connectivity index (χ1) is 8.38. The summed E-state index contributed by atoms with van der Waals surface area (Å²) in [5, 5.41) is 9.15. The summed E-state index contributed by atoms with van der Waals surface area (Å²) in [5.74, 6) is 6.83. The molecule has 1 aliphatic heterocycles. The maximum Gasteiger partial charge on any atom is 0.0605 e. The number of piperidine rings is 1. The minimum absolute atomic E-state index is 0.308. The molecule has 1 heterocycles. The molecule has 1 aromatic carbocycles. The van der Waals surface area contributed by atoms with Gasteiger partial charge in [0.2, 0.25) is 0 Å². The van der Waals surface area contributed by atoms with Gasteiger partial charge in [0.05, 0.1) is 6.54 Å². The van der Waals surface area contributed by atoms with E-state index >= 15 is 0 Å². The Morgan fingerprint density at radius 3 is 2.88 bits per heavy atom. The number of nitrogens with zero attached hydrogens (tertiary/aromatic N) is 1. The van der Waals surface area contributed by atoms with Gasteiger partial charge in [-0.2, -0.15) is 0 Å². The zero-order chi connectivity index (χ0) is 11.9. The normalized spacial score (nSPS) is 20.6. The average molecular weight is 229 g/mol. The van der Waals surface area contributed by atoms with E-state index in [4.69, 9.17) is 5.11 Å². The molecule has 17 heavy (non-hydrogen) atoms.